The fraction of sp³-hybridized carbons (Fsp3) is 0. The van der Waals surface area contributed by atoms with E-state index < -0.39 is 8.63 Å². The Hall–Kier alpha value is -1.60. The molecule has 3 nitrogen and oxygen atoms in total. The molecular formula is C10H8O3P+. The van der Waals surface area contributed by atoms with Gasteiger partial charge in [0.2, 0.25) is 0 Å². The topological polar surface area (TPSA) is 46.5 Å². The number of fused-ring (bicyclic) bond motifs is 1. The Labute approximate surface area is 83.5 Å². The third-order valence-electron chi connectivity index (χ3n) is 1.97. The minimum Gasteiger partial charge on any atom is -0.507 e. The molecule has 0 bridgehead atoms. The second-order valence-electron chi connectivity index (χ2n) is 2.83. The Morgan fingerprint density at radius 2 is 2.21 bits per heavy atom. The summed E-state index contributed by atoms with van der Waals surface area (Å²) in [7, 11) is -2.40. The van der Waals surface area contributed by atoms with E-state index in [4.69, 9.17) is 5.80 Å². The van der Waals surface area contributed by atoms with E-state index in [0.29, 0.717) is 11.1 Å². The van der Waals surface area contributed by atoms with Crippen molar-refractivity contribution in [1.82, 2.24) is 0 Å². The van der Waals surface area contributed by atoms with Crippen LogP contribution in [0.4, 0.5) is 0 Å². The van der Waals surface area contributed by atoms with Gasteiger partial charge in [-0.05, 0) is 34.2 Å². The molecule has 0 aliphatic rings. The first-order chi connectivity index (χ1) is 7.16. The number of rotatable bonds is 2. The van der Waals surface area contributed by atoms with E-state index in [1.165, 1.54) is 0 Å². The van der Waals surface area contributed by atoms with E-state index in [9.17, 15) is 9.67 Å². The summed E-state index contributed by atoms with van der Waals surface area (Å²) in [6.45, 7) is 0. The van der Waals surface area contributed by atoms with Crippen LogP contribution in [0.25, 0.3) is 10.8 Å². The van der Waals surface area contributed by atoms with E-state index in [0.717, 1.165) is 5.39 Å². The monoisotopic (exact) mass is 208 g/mol. The standard InChI is InChI=1S/C10H7O3P/c11-10-3-1-2-7-6-8(13-14-12)4-5-9(7)10/h1-6,14H/p+1/i14D. The molecule has 14 heavy (non-hydrogen) atoms. The molecule has 70 valence electrons. The SMILES string of the molecule is [2H][P+](=O)Oc1ccc2c(O)cccc2c1. The summed E-state index contributed by atoms with van der Waals surface area (Å²) in [4.78, 5) is 0. The first-order valence-electron chi connectivity index (χ1n) is 4.47. The van der Waals surface area contributed by atoms with Crippen LogP contribution in [0.15, 0.2) is 36.4 Å². The zero-order chi connectivity index (χ0) is 10.8. The van der Waals surface area contributed by atoms with Gasteiger partial charge >= 0.3 is 9.91 Å². The average Bonchev–Trinajstić information content (AvgIpc) is 2.17. The van der Waals surface area contributed by atoms with Crippen molar-refractivity contribution >= 4 is 19.4 Å². The van der Waals surface area contributed by atoms with Crippen LogP contribution >= 0.6 is 8.63 Å². The first-order valence-corrected chi connectivity index (χ1v) is 4.76. The fourth-order valence-electron chi connectivity index (χ4n) is 1.34. The molecule has 0 spiro atoms. The van der Waals surface area contributed by atoms with Crippen LogP contribution in [0.1, 0.15) is 0 Å². The minimum atomic E-state index is -2.40. The van der Waals surface area contributed by atoms with E-state index in [-0.39, 0.29) is 5.75 Å². The van der Waals surface area contributed by atoms with Crippen LogP contribution in [0.5, 0.6) is 11.5 Å². The molecule has 0 amide bonds. The smallest absolute Gasteiger partial charge is 0.507 e. The molecule has 1 atom stereocenters. The molecular weight excluding hydrogens is 199 g/mol. The summed E-state index contributed by atoms with van der Waals surface area (Å²) in [6, 6.07) is 9.98. The number of phenolic OH excluding ortho intramolecular Hbond substituents is 1. The number of phenols is 1. The highest BCUT2D eigenvalue weighted by atomic mass is 31.1. The fourth-order valence-corrected chi connectivity index (χ4v) is 1.54. The van der Waals surface area contributed by atoms with Gasteiger partial charge < -0.3 is 5.11 Å². The highest BCUT2D eigenvalue weighted by Gasteiger charge is 2.03. The van der Waals surface area contributed by atoms with Crippen molar-refractivity contribution in [1.29, 1.82) is 1.28 Å². The quantitative estimate of drug-likeness (QED) is 0.772. The van der Waals surface area contributed by atoms with Crippen molar-refractivity contribution < 1.29 is 14.2 Å². The van der Waals surface area contributed by atoms with Gasteiger partial charge in [-0.15, -0.1) is 0 Å². The number of hydrogen-bond donors (Lipinski definition) is 1. The van der Waals surface area contributed by atoms with E-state index in [2.05, 4.69) is 0 Å². The molecule has 2 rings (SSSR count). The molecule has 4 heteroatoms. The zero-order valence-corrected chi connectivity index (χ0v) is 8.07. The molecule has 2 aromatic rings. The van der Waals surface area contributed by atoms with Gasteiger partial charge in [-0.25, -0.2) is 0 Å². The Kier molecular flexibility index (Phi) is 2.02. The van der Waals surface area contributed by atoms with Crippen molar-refractivity contribution in [3.8, 4) is 11.5 Å². The van der Waals surface area contributed by atoms with E-state index >= 15 is 0 Å². The highest BCUT2D eigenvalue weighted by molar-refractivity contribution is 7.17. The van der Waals surface area contributed by atoms with Crippen molar-refractivity contribution in [3.63, 3.8) is 0 Å². The summed E-state index contributed by atoms with van der Waals surface area (Å²) in [5.74, 6) is 0.554. The van der Waals surface area contributed by atoms with Gasteiger partial charge in [0.15, 0.2) is 5.75 Å². The van der Waals surface area contributed by atoms with Crippen LogP contribution in [-0.4, -0.2) is 6.39 Å². The number of hydrogen-bond acceptors (Lipinski definition) is 3. The third kappa shape index (κ3) is 1.54. The van der Waals surface area contributed by atoms with Crippen LogP contribution in [0.3, 0.4) is 0 Å². The molecule has 2 aromatic carbocycles. The van der Waals surface area contributed by atoms with Gasteiger partial charge in [0.05, 0.1) is 0 Å². The summed E-state index contributed by atoms with van der Waals surface area (Å²) < 4.78 is 22.1. The maximum Gasteiger partial charge on any atom is 0.542 e. The molecule has 0 aromatic heterocycles. The lowest BCUT2D eigenvalue weighted by molar-refractivity contribution is 0.481. The normalized spacial score (nSPS) is 12.3. The van der Waals surface area contributed by atoms with Crippen molar-refractivity contribution in [3.05, 3.63) is 36.4 Å². The minimum absolute atomic E-state index is 0.189. The summed E-state index contributed by atoms with van der Waals surface area (Å²) in [5.41, 5.74) is 0. The average molecular weight is 208 g/mol. The van der Waals surface area contributed by atoms with Gasteiger partial charge in [0, 0.05) is 5.39 Å². The molecule has 0 heterocycles. The Bertz CT molecular complexity index is 527. The lowest BCUT2D eigenvalue weighted by Crippen LogP contribution is -1.77. The molecule has 1 N–H and O–H groups in total. The summed E-state index contributed by atoms with van der Waals surface area (Å²) in [5, 5.41) is 11.0. The third-order valence-corrected chi connectivity index (χ3v) is 2.26. The molecule has 0 fully saturated rings. The lowest BCUT2D eigenvalue weighted by Gasteiger charge is -2.00. The molecule has 1 unspecified atom stereocenters. The van der Waals surface area contributed by atoms with Crippen LogP contribution < -0.4 is 4.52 Å². The molecule has 0 saturated heterocycles. The Morgan fingerprint density at radius 3 is 3.00 bits per heavy atom. The lowest BCUT2D eigenvalue weighted by atomic mass is 10.1. The Morgan fingerprint density at radius 1 is 1.36 bits per heavy atom. The van der Waals surface area contributed by atoms with E-state index in [1.54, 1.807) is 36.4 Å². The second-order valence-corrected chi connectivity index (χ2v) is 3.16. The van der Waals surface area contributed by atoms with Crippen molar-refractivity contribution in [2.45, 2.75) is 0 Å². The number of benzene rings is 2. The highest BCUT2D eigenvalue weighted by Crippen LogP contribution is 2.28. The molecule has 0 radical (unpaired) electrons. The molecule has 0 aliphatic heterocycles. The first kappa shape index (κ1) is 7.77. The van der Waals surface area contributed by atoms with Gasteiger partial charge in [0.25, 0.3) is 0 Å². The Balaban J connectivity index is 2.52. The van der Waals surface area contributed by atoms with Gasteiger partial charge in [0.1, 0.15) is 5.75 Å². The maximum absolute atomic E-state index is 10.6. The number of aromatic hydroxyl groups is 1. The van der Waals surface area contributed by atoms with Gasteiger partial charge in [-0.2, -0.15) is 0 Å². The van der Waals surface area contributed by atoms with Crippen molar-refractivity contribution in [2.24, 2.45) is 0 Å². The van der Waals surface area contributed by atoms with Gasteiger partial charge in [-0.3, -0.25) is 4.52 Å². The summed E-state index contributed by atoms with van der Waals surface area (Å²) in [6.07, 6.45) is 0. The van der Waals surface area contributed by atoms with Crippen LogP contribution in [0, 0.1) is 0 Å². The summed E-state index contributed by atoms with van der Waals surface area (Å²) >= 11 is 0. The predicted octanol–water partition coefficient (Wildman–Crippen LogP) is 2.86. The van der Waals surface area contributed by atoms with Crippen LogP contribution in [-0.2, 0) is 4.57 Å². The maximum atomic E-state index is 10.6. The predicted molar refractivity (Wildman–Crippen MR) is 55.2 cm³/mol. The van der Waals surface area contributed by atoms with Crippen LogP contribution in [0.2, 0.25) is 0 Å². The van der Waals surface area contributed by atoms with Crippen molar-refractivity contribution in [2.75, 3.05) is 0 Å². The molecule has 0 saturated carbocycles. The van der Waals surface area contributed by atoms with E-state index in [1.807, 2.05) is 0 Å². The second kappa shape index (κ2) is 3.64. The zero-order valence-electron chi connectivity index (χ0n) is 8.18. The van der Waals surface area contributed by atoms with Gasteiger partial charge in [-0.1, -0.05) is 12.1 Å². The largest absolute Gasteiger partial charge is 0.542 e. The molecule has 0 aliphatic carbocycles.